The van der Waals surface area contributed by atoms with E-state index in [0.29, 0.717) is 12.5 Å². The van der Waals surface area contributed by atoms with Gasteiger partial charge in [0, 0.05) is 44.3 Å². The van der Waals surface area contributed by atoms with E-state index in [2.05, 4.69) is 20.2 Å². The molecule has 0 bridgehead atoms. The van der Waals surface area contributed by atoms with E-state index in [9.17, 15) is 4.79 Å². The average Bonchev–Trinajstić information content (AvgIpc) is 3.05. The van der Waals surface area contributed by atoms with Crippen molar-refractivity contribution in [1.82, 2.24) is 20.1 Å². The van der Waals surface area contributed by atoms with Crippen LogP contribution in [0, 0.1) is 12.8 Å². The number of likely N-dealkylation sites (tertiary alicyclic amines) is 1. The van der Waals surface area contributed by atoms with Crippen molar-refractivity contribution in [2.45, 2.75) is 59.6 Å². The Morgan fingerprint density at radius 3 is 2.55 bits per heavy atom. The number of guanidine groups is 1. The second kappa shape index (κ2) is 11.9. The number of hydrogen-bond acceptors (Lipinski definition) is 5. The molecule has 1 amide bonds. The lowest BCUT2D eigenvalue weighted by molar-refractivity contribution is 0.0214. The third-order valence-electron chi connectivity index (χ3n) is 4.73. The standard InChI is InChI=1S/C20H35N5O2S.HI/c1-7-24(19(26)27-20(3,4)5)14-16-8-10-25(11-9-16)18(21-6)23-13-17-12-22-15(2)28-17;/h12,16H,7-11,13-14H2,1-6H3,(H,21,23);1H. The minimum absolute atomic E-state index is 0. The maximum atomic E-state index is 12.4. The van der Waals surface area contributed by atoms with Gasteiger partial charge < -0.3 is 19.9 Å². The summed E-state index contributed by atoms with van der Waals surface area (Å²) in [6.07, 6.45) is 3.79. The molecule has 0 spiro atoms. The van der Waals surface area contributed by atoms with E-state index in [1.54, 1.807) is 11.3 Å². The van der Waals surface area contributed by atoms with E-state index < -0.39 is 5.60 Å². The number of nitrogens with zero attached hydrogens (tertiary/aromatic N) is 4. The topological polar surface area (TPSA) is 70.1 Å². The summed E-state index contributed by atoms with van der Waals surface area (Å²) in [7, 11) is 1.83. The number of carbonyl (C=O) groups is 1. The van der Waals surface area contributed by atoms with Crippen LogP contribution in [0.5, 0.6) is 0 Å². The lowest BCUT2D eigenvalue weighted by Gasteiger charge is -2.36. The van der Waals surface area contributed by atoms with Crippen LogP contribution in [0.15, 0.2) is 11.2 Å². The van der Waals surface area contributed by atoms with Crippen LogP contribution in [0.2, 0.25) is 0 Å². The minimum atomic E-state index is -0.456. The molecule has 1 saturated heterocycles. The molecule has 0 unspecified atom stereocenters. The zero-order valence-electron chi connectivity index (χ0n) is 18.5. The van der Waals surface area contributed by atoms with Gasteiger partial charge in [-0.2, -0.15) is 0 Å². The van der Waals surface area contributed by atoms with Crippen molar-refractivity contribution in [3.63, 3.8) is 0 Å². The van der Waals surface area contributed by atoms with Crippen molar-refractivity contribution in [3.05, 3.63) is 16.1 Å². The van der Waals surface area contributed by atoms with Gasteiger partial charge in [-0.3, -0.25) is 4.99 Å². The summed E-state index contributed by atoms with van der Waals surface area (Å²) in [6.45, 7) is 13.8. The summed E-state index contributed by atoms with van der Waals surface area (Å²) in [4.78, 5) is 26.4. The van der Waals surface area contributed by atoms with Crippen LogP contribution in [0.1, 0.15) is 50.4 Å². The summed E-state index contributed by atoms with van der Waals surface area (Å²) in [6, 6.07) is 0. The zero-order valence-corrected chi connectivity index (χ0v) is 21.7. The van der Waals surface area contributed by atoms with E-state index in [-0.39, 0.29) is 30.1 Å². The zero-order chi connectivity index (χ0) is 20.7. The average molecular weight is 538 g/mol. The molecule has 2 rings (SSSR count). The van der Waals surface area contributed by atoms with Crippen molar-refractivity contribution in [1.29, 1.82) is 0 Å². The molecule has 0 aromatic carbocycles. The van der Waals surface area contributed by atoms with Gasteiger partial charge in [-0.1, -0.05) is 0 Å². The molecular formula is C20H36IN5O2S. The van der Waals surface area contributed by atoms with Crippen LogP contribution in [0.4, 0.5) is 4.79 Å². The Kier molecular flexibility index (Phi) is 10.7. The first-order chi connectivity index (χ1) is 13.2. The third kappa shape index (κ3) is 8.65. The molecule has 1 aliphatic heterocycles. The van der Waals surface area contributed by atoms with Crippen molar-refractivity contribution in [2.24, 2.45) is 10.9 Å². The number of aliphatic imine (C=N–C) groups is 1. The number of nitrogens with one attached hydrogen (secondary N) is 1. The number of rotatable bonds is 5. The lowest BCUT2D eigenvalue weighted by Crippen LogP contribution is -2.47. The third-order valence-corrected chi connectivity index (χ3v) is 5.64. The highest BCUT2D eigenvalue weighted by atomic mass is 127. The van der Waals surface area contributed by atoms with Crippen molar-refractivity contribution >= 4 is 47.4 Å². The highest BCUT2D eigenvalue weighted by Gasteiger charge is 2.27. The van der Waals surface area contributed by atoms with Crippen LogP contribution in [-0.4, -0.2) is 65.7 Å². The number of halogens is 1. The van der Waals surface area contributed by atoms with E-state index in [1.807, 2.05) is 52.8 Å². The van der Waals surface area contributed by atoms with Crippen LogP contribution in [-0.2, 0) is 11.3 Å². The molecular weight excluding hydrogens is 501 g/mol. The molecule has 9 heteroatoms. The van der Waals surface area contributed by atoms with E-state index in [4.69, 9.17) is 4.74 Å². The molecule has 0 saturated carbocycles. The number of hydrogen-bond donors (Lipinski definition) is 1. The van der Waals surface area contributed by atoms with Crippen molar-refractivity contribution in [3.8, 4) is 0 Å². The predicted molar refractivity (Wildman–Crippen MR) is 130 cm³/mol. The van der Waals surface area contributed by atoms with Gasteiger partial charge in [-0.05, 0) is 53.4 Å². The van der Waals surface area contributed by atoms with Gasteiger partial charge in [0.05, 0.1) is 11.6 Å². The SMILES string of the molecule is CCN(CC1CCN(C(=NC)NCc2cnc(C)s2)CC1)C(=O)OC(C)(C)C.I. The second-order valence-electron chi connectivity index (χ2n) is 8.20. The molecule has 0 aliphatic carbocycles. The van der Waals surface area contributed by atoms with Crippen LogP contribution in [0.25, 0.3) is 0 Å². The molecule has 0 atom stereocenters. The summed E-state index contributed by atoms with van der Waals surface area (Å²) >= 11 is 1.71. The molecule has 1 N–H and O–H groups in total. The smallest absolute Gasteiger partial charge is 0.410 e. The first-order valence-corrected chi connectivity index (χ1v) is 10.9. The van der Waals surface area contributed by atoms with Gasteiger partial charge in [0.1, 0.15) is 5.60 Å². The quantitative estimate of drug-likeness (QED) is 0.348. The van der Waals surface area contributed by atoms with Gasteiger partial charge in [-0.15, -0.1) is 35.3 Å². The summed E-state index contributed by atoms with van der Waals surface area (Å²) in [5, 5.41) is 4.52. The van der Waals surface area contributed by atoms with Crippen molar-refractivity contribution < 1.29 is 9.53 Å². The first-order valence-electron chi connectivity index (χ1n) is 10.1. The monoisotopic (exact) mass is 537 g/mol. The summed E-state index contributed by atoms with van der Waals surface area (Å²) in [5.74, 6) is 1.43. The molecule has 2 heterocycles. The van der Waals surface area contributed by atoms with Gasteiger partial charge in [0.2, 0.25) is 0 Å². The van der Waals surface area contributed by atoms with Gasteiger partial charge >= 0.3 is 6.09 Å². The number of aryl methyl sites for hydroxylation is 1. The fraction of sp³-hybridized carbons (Fsp3) is 0.750. The fourth-order valence-electron chi connectivity index (χ4n) is 3.28. The summed E-state index contributed by atoms with van der Waals surface area (Å²) in [5.41, 5.74) is -0.456. The fourth-order valence-corrected chi connectivity index (χ4v) is 4.02. The number of thiazole rings is 1. The second-order valence-corrected chi connectivity index (χ2v) is 9.52. The first kappa shape index (κ1) is 25.9. The molecule has 1 aromatic heterocycles. The number of amides is 1. The van der Waals surface area contributed by atoms with Gasteiger partial charge in [-0.25, -0.2) is 9.78 Å². The molecule has 166 valence electrons. The van der Waals surface area contributed by atoms with Gasteiger partial charge in [0.15, 0.2) is 5.96 Å². The lowest BCUT2D eigenvalue weighted by atomic mass is 9.96. The van der Waals surface area contributed by atoms with E-state index in [0.717, 1.165) is 50.0 Å². The Bertz CT molecular complexity index is 666. The van der Waals surface area contributed by atoms with Crippen LogP contribution >= 0.6 is 35.3 Å². The Hall–Kier alpha value is -1.10. The number of carbonyl (C=O) groups excluding carboxylic acids is 1. The van der Waals surface area contributed by atoms with Gasteiger partial charge in [0.25, 0.3) is 0 Å². The highest BCUT2D eigenvalue weighted by Crippen LogP contribution is 2.20. The maximum absolute atomic E-state index is 12.4. The number of ether oxygens (including phenoxy) is 1. The molecule has 1 aliphatic rings. The normalized spacial score (nSPS) is 15.7. The Morgan fingerprint density at radius 1 is 1.41 bits per heavy atom. The largest absolute Gasteiger partial charge is 0.444 e. The minimum Gasteiger partial charge on any atom is -0.444 e. The Labute approximate surface area is 196 Å². The highest BCUT2D eigenvalue weighted by molar-refractivity contribution is 14.0. The number of aromatic nitrogens is 1. The van der Waals surface area contributed by atoms with Crippen molar-refractivity contribution in [2.75, 3.05) is 33.2 Å². The summed E-state index contributed by atoms with van der Waals surface area (Å²) < 4.78 is 5.53. The van der Waals surface area contributed by atoms with E-state index in [1.165, 1.54) is 4.88 Å². The van der Waals surface area contributed by atoms with Crippen LogP contribution < -0.4 is 5.32 Å². The maximum Gasteiger partial charge on any atom is 0.410 e. The number of piperidine rings is 1. The molecule has 0 radical (unpaired) electrons. The van der Waals surface area contributed by atoms with Crippen LogP contribution in [0.3, 0.4) is 0 Å². The molecule has 1 fully saturated rings. The Balaban J connectivity index is 0.00000420. The molecule has 7 nitrogen and oxygen atoms in total. The predicted octanol–water partition coefficient (Wildman–Crippen LogP) is 4.11. The molecule has 1 aromatic rings. The molecule has 29 heavy (non-hydrogen) atoms. The Morgan fingerprint density at radius 2 is 2.07 bits per heavy atom. The van der Waals surface area contributed by atoms with E-state index >= 15 is 0 Å².